The number of benzene rings is 1. The molecule has 2 rings (SSSR count). The fourth-order valence-corrected chi connectivity index (χ4v) is 2.93. The molecule has 0 atom stereocenters. The fourth-order valence-electron chi connectivity index (χ4n) is 2.22. The van der Waals surface area contributed by atoms with Crippen molar-refractivity contribution in [2.45, 2.75) is 13.0 Å². The summed E-state index contributed by atoms with van der Waals surface area (Å²) in [5, 5.41) is 2.74. The van der Waals surface area contributed by atoms with Crippen molar-refractivity contribution in [3.63, 3.8) is 0 Å². The van der Waals surface area contributed by atoms with Crippen molar-refractivity contribution in [2.75, 3.05) is 26.5 Å². The minimum absolute atomic E-state index is 0.0255. The maximum Gasteiger partial charge on any atom is 0.235 e. The van der Waals surface area contributed by atoms with Crippen LogP contribution < -0.4 is 10.1 Å². The zero-order valence-electron chi connectivity index (χ0n) is 14.3. The lowest BCUT2D eigenvalue weighted by Gasteiger charge is -2.18. The highest BCUT2D eigenvalue weighted by Crippen LogP contribution is 2.11. The average Bonchev–Trinajstić information content (AvgIpc) is 3.07. The minimum Gasteiger partial charge on any atom is -0.497 e. The molecule has 25 heavy (non-hydrogen) atoms. The van der Waals surface area contributed by atoms with Crippen LogP contribution in [0.2, 0.25) is 0 Å². The molecule has 0 fully saturated rings. The third kappa shape index (κ3) is 6.24. The summed E-state index contributed by atoms with van der Waals surface area (Å²) in [7, 11) is -1.92. The molecule has 136 valence electrons. The summed E-state index contributed by atoms with van der Waals surface area (Å²) < 4.78 is 35.0. The Hall–Kier alpha value is -2.32. The van der Waals surface area contributed by atoms with Gasteiger partial charge in [0.15, 0.2) is 0 Å². The third-order valence-electron chi connectivity index (χ3n) is 3.60. The predicted octanol–water partition coefficient (Wildman–Crippen LogP) is 1.41. The van der Waals surface area contributed by atoms with Gasteiger partial charge in [0.1, 0.15) is 11.5 Å². The summed E-state index contributed by atoms with van der Waals surface area (Å²) >= 11 is 0. The first-order chi connectivity index (χ1) is 11.9. The summed E-state index contributed by atoms with van der Waals surface area (Å²) in [4.78, 5) is 12.1. The van der Waals surface area contributed by atoms with Gasteiger partial charge in [-0.05, 0) is 36.2 Å². The van der Waals surface area contributed by atoms with E-state index in [1.54, 1.807) is 19.2 Å². The van der Waals surface area contributed by atoms with Crippen LogP contribution in [0.25, 0.3) is 0 Å². The highest BCUT2D eigenvalue weighted by atomic mass is 32.2. The lowest BCUT2D eigenvalue weighted by molar-refractivity contribution is -0.121. The molecular weight excluding hydrogens is 344 g/mol. The first-order valence-electron chi connectivity index (χ1n) is 7.75. The maximum atomic E-state index is 12.1. The molecule has 1 aromatic heterocycles. The van der Waals surface area contributed by atoms with Crippen molar-refractivity contribution in [1.29, 1.82) is 0 Å². The van der Waals surface area contributed by atoms with Crippen molar-refractivity contribution in [1.82, 2.24) is 9.62 Å². The van der Waals surface area contributed by atoms with Crippen molar-refractivity contribution in [3.8, 4) is 5.75 Å². The number of hydrogen-bond donors (Lipinski definition) is 1. The summed E-state index contributed by atoms with van der Waals surface area (Å²) in [5.74, 6) is 0.899. The van der Waals surface area contributed by atoms with Gasteiger partial charge in [0.25, 0.3) is 0 Å². The lowest BCUT2D eigenvalue weighted by Crippen LogP contribution is -2.40. The van der Waals surface area contributed by atoms with Gasteiger partial charge >= 0.3 is 0 Å². The zero-order chi connectivity index (χ0) is 18.3. The van der Waals surface area contributed by atoms with Gasteiger partial charge in [0.2, 0.25) is 15.9 Å². The van der Waals surface area contributed by atoms with E-state index in [0.29, 0.717) is 18.7 Å². The standard InChI is InChI=1S/C17H22N2O5S/c1-23-15-7-5-14(6-8-15)9-10-18-17(20)13-19(25(2,21)22)12-16-4-3-11-24-16/h3-8,11H,9-10,12-13H2,1-2H3,(H,18,20). The number of carbonyl (C=O) groups excluding carboxylic acids is 1. The average molecular weight is 366 g/mol. The number of sulfonamides is 1. The molecule has 0 saturated carbocycles. The van der Waals surface area contributed by atoms with Crippen molar-refractivity contribution in [3.05, 3.63) is 54.0 Å². The van der Waals surface area contributed by atoms with Crippen molar-refractivity contribution < 1.29 is 22.4 Å². The lowest BCUT2D eigenvalue weighted by atomic mass is 10.1. The summed E-state index contributed by atoms with van der Waals surface area (Å²) in [6.07, 6.45) is 3.18. The Balaban J connectivity index is 1.83. The van der Waals surface area contributed by atoms with Gasteiger partial charge in [-0.1, -0.05) is 12.1 Å². The van der Waals surface area contributed by atoms with E-state index in [4.69, 9.17) is 9.15 Å². The normalized spacial score (nSPS) is 11.5. The third-order valence-corrected chi connectivity index (χ3v) is 4.79. The second kappa shape index (κ2) is 8.68. The van der Waals surface area contributed by atoms with Gasteiger partial charge in [-0.25, -0.2) is 8.42 Å². The van der Waals surface area contributed by atoms with E-state index in [9.17, 15) is 13.2 Å². The van der Waals surface area contributed by atoms with Crippen LogP contribution in [0, 0.1) is 0 Å². The number of hydrogen-bond acceptors (Lipinski definition) is 5. The van der Waals surface area contributed by atoms with Crippen LogP contribution in [-0.2, 0) is 27.8 Å². The van der Waals surface area contributed by atoms with Gasteiger partial charge < -0.3 is 14.5 Å². The fraction of sp³-hybridized carbons (Fsp3) is 0.353. The Labute approximate surface area is 147 Å². The monoisotopic (exact) mass is 366 g/mol. The molecule has 0 aliphatic carbocycles. The van der Waals surface area contributed by atoms with E-state index in [-0.39, 0.29) is 19.0 Å². The maximum absolute atomic E-state index is 12.1. The second-order valence-electron chi connectivity index (χ2n) is 5.56. The topological polar surface area (TPSA) is 88.8 Å². The van der Waals surface area contributed by atoms with E-state index in [0.717, 1.165) is 21.9 Å². The largest absolute Gasteiger partial charge is 0.497 e. The SMILES string of the molecule is COc1ccc(CCNC(=O)CN(Cc2ccco2)S(C)(=O)=O)cc1. The van der Waals surface area contributed by atoms with Gasteiger partial charge in [0, 0.05) is 6.54 Å². The Bertz CT molecular complexity index is 770. The number of methoxy groups -OCH3 is 1. The molecule has 0 saturated heterocycles. The van der Waals surface area contributed by atoms with Gasteiger partial charge in [0.05, 0.1) is 32.7 Å². The molecule has 7 nitrogen and oxygen atoms in total. The number of rotatable bonds is 9. The number of ether oxygens (including phenoxy) is 1. The van der Waals surface area contributed by atoms with Gasteiger partial charge in [-0.15, -0.1) is 0 Å². The molecule has 0 aliphatic rings. The quantitative estimate of drug-likeness (QED) is 0.725. The Morgan fingerprint density at radius 1 is 1.24 bits per heavy atom. The van der Waals surface area contributed by atoms with Crippen LogP contribution in [0.15, 0.2) is 47.1 Å². The molecule has 1 N–H and O–H groups in total. The first-order valence-corrected chi connectivity index (χ1v) is 9.60. The molecule has 0 radical (unpaired) electrons. The van der Waals surface area contributed by atoms with Crippen LogP contribution in [0.3, 0.4) is 0 Å². The van der Waals surface area contributed by atoms with Crippen LogP contribution in [0.5, 0.6) is 5.75 Å². The molecule has 0 unspecified atom stereocenters. The number of furan rings is 1. The molecule has 0 bridgehead atoms. The molecule has 1 amide bonds. The van der Waals surface area contributed by atoms with Crippen LogP contribution in [-0.4, -0.2) is 45.1 Å². The minimum atomic E-state index is -3.52. The smallest absolute Gasteiger partial charge is 0.235 e. The number of amides is 1. The van der Waals surface area contributed by atoms with E-state index >= 15 is 0 Å². The molecule has 2 aromatic rings. The molecule has 8 heteroatoms. The molecule has 0 aliphatic heterocycles. The number of nitrogens with zero attached hydrogens (tertiary/aromatic N) is 1. The predicted molar refractivity (Wildman–Crippen MR) is 93.7 cm³/mol. The van der Waals surface area contributed by atoms with Crippen LogP contribution in [0.4, 0.5) is 0 Å². The zero-order valence-corrected chi connectivity index (χ0v) is 15.1. The second-order valence-corrected chi connectivity index (χ2v) is 7.54. The van der Waals surface area contributed by atoms with Crippen LogP contribution in [0.1, 0.15) is 11.3 Å². The highest BCUT2D eigenvalue weighted by molar-refractivity contribution is 7.88. The van der Waals surface area contributed by atoms with Crippen LogP contribution >= 0.6 is 0 Å². The van der Waals surface area contributed by atoms with E-state index in [1.807, 2.05) is 24.3 Å². The molecule has 1 heterocycles. The summed E-state index contributed by atoms with van der Waals surface area (Å²) in [5.41, 5.74) is 1.05. The van der Waals surface area contributed by atoms with E-state index in [2.05, 4.69) is 5.32 Å². The van der Waals surface area contributed by atoms with E-state index < -0.39 is 10.0 Å². The summed E-state index contributed by atoms with van der Waals surface area (Å²) in [6, 6.07) is 10.9. The molecular formula is C17H22N2O5S. The Morgan fingerprint density at radius 3 is 2.52 bits per heavy atom. The van der Waals surface area contributed by atoms with Crippen molar-refractivity contribution in [2.24, 2.45) is 0 Å². The molecule has 1 aromatic carbocycles. The summed E-state index contributed by atoms with van der Waals surface area (Å²) in [6.45, 7) is 0.198. The van der Waals surface area contributed by atoms with Gasteiger partial charge in [-0.2, -0.15) is 4.31 Å². The highest BCUT2D eigenvalue weighted by Gasteiger charge is 2.21. The number of carbonyl (C=O) groups is 1. The van der Waals surface area contributed by atoms with Crippen molar-refractivity contribution >= 4 is 15.9 Å². The first kappa shape index (κ1) is 19.0. The molecule has 0 spiro atoms. The van der Waals surface area contributed by atoms with Gasteiger partial charge in [-0.3, -0.25) is 4.79 Å². The number of nitrogens with one attached hydrogen (secondary N) is 1. The Kier molecular flexibility index (Phi) is 6.60. The van der Waals surface area contributed by atoms with E-state index in [1.165, 1.54) is 6.26 Å². The Morgan fingerprint density at radius 2 is 1.96 bits per heavy atom.